The van der Waals surface area contributed by atoms with Gasteiger partial charge in [0, 0.05) is 0 Å². The van der Waals surface area contributed by atoms with Gasteiger partial charge >= 0.3 is 0 Å². The average Bonchev–Trinajstić information content (AvgIpc) is 2.17. The molecule has 0 aromatic heterocycles. The van der Waals surface area contributed by atoms with Crippen LogP contribution in [0.1, 0.15) is 5.56 Å². The minimum Gasteiger partial charge on any atom is -0.412 e. The van der Waals surface area contributed by atoms with Gasteiger partial charge in [-0.05, 0) is 19.1 Å². The quantitative estimate of drug-likeness (QED) is 0.807. The largest absolute Gasteiger partial charge is 0.412 e. The summed E-state index contributed by atoms with van der Waals surface area (Å²) in [5.74, 6) is -2.74. The van der Waals surface area contributed by atoms with E-state index in [-0.39, 0.29) is 10.4 Å². The van der Waals surface area contributed by atoms with Gasteiger partial charge in [-0.25, -0.2) is 17.2 Å². The van der Waals surface area contributed by atoms with Gasteiger partial charge in [0.2, 0.25) is 5.78 Å². The van der Waals surface area contributed by atoms with Gasteiger partial charge < -0.3 is 5.48 Å². The Morgan fingerprint density at radius 3 is 2.12 bits per heavy atom. The molecule has 0 amide bonds. The first-order valence-electron chi connectivity index (χ1n) is 4.43. The molecule has 1 aromatic rings. The predicted octanol–water partition coefficient (Wildman–Crippen LogP) is 0.778. The number of carbonyl (C=O) groups is 1. The highest BCUT2D eigenvalue weighted by atomic mass is 32.2. The second-order valence-corrected chi connectivity index (χ2v) is 5.33. The van der Waals surface area contributed by atoms with Crippen molar-refractivity contribution in [3.63, 3.8) is 0 Å². The molecule has 0 saturated carbocycles. The lowest BCUT2D eigenvalue weighted by Gasteiger charge is -2.03. The Hall–Kier alpha value is -1.34. The van der Waals surface area contributed by atoms with Crippen molar-refractivity contribution in [1.29, 1.82) is 0 Å². The van der Waals surface area contributed by atoms with Crippen molar-refractivity contribution in [3.8, 4) is 0 Å². The van der Waals surface area contributed by atoms with Crippen molar-refractivity contribution >= 4 is 15.6 Å². The predicted molar refractivity (Wildman–Crippen MR) is 57.9 cm³/mol. The van der Waals surface area contributed by atoms with Crippen molar-refractivity contribution in [2.75, 3.05) is 5.75 Å². The lowest BCUT2D eigenvalue weighted by Crippen LogP contribution is -2.22. The fraction of sp³-hybridized carbons (Fsp3) is 0.300. The summed E-state index contributed by atoms with van der Waals surface area (Å²) in [5.41, 5.74) is 0.846. The molecule has 0 heterocycles. The molecule has 0 fully saturated rings. The zero-order valence-corrected chi connectivity index (χ0v) is 9.80. The van der Waals surface area contributed by atoms with Crippen LogP contribution < -0.4 is 0 Å². The monoisotopic (exact) mass is 266 g/mol. The second kappa shape index (κ2) is 5.83. The van der Waals surface area contributed by atoms with E-state index in [9.17, 15) is 22.0 Å². The van der Waals surface area contributed by atoms with Crippen molar-refractivity contribution < 1.29 is 27.5 Å². The zero-order chi connectivity index (χ0) is 12.3. The Morgan fingerprint density at radius 2 is 1.71 bits per heavy atom. The van der Waals surface area contributed by atoms with Crippen LogP contribution in [0, 0.1) is 6.92 Å². The standard InChI is InChI=1S/C10H10F2O3S.H2O/c1-7-2-4-8(5-3-7)16(14,15)6-9(13)10(11)12;/h2-5,10H,6H2,1H3;1H2. The van der Waals surface area contributed by atoms with Gasteiger partial charge in [0.05, 0.1) is 4.90 Å². The van der Waals surface area contributed by atoms with Crippen LogP contribution in [-0.4, -0.2) is 31.9 Å². The van der Waals surface area contributed by atoms with E-state index in [2.05, 4.69) is 0 Å². The van der Waals surface area contributed by atoms with E-state index in [1.165, 1.54) is 12.1 Å². The molecule has 0 spiro atoms. The van der Waals surface area contributed by atoms with Crippen LogP contribution in [0.2, 0.25) is 0 Å². The molecule has 1 rings (SSSR count). The number of Topliss-reactive ketones (excluding diaryl/α,β-unsaturated/α-hetero) is 1. The highest BCUT2D eigenvalue weighted by Crippen LogP contribution is 2.13. The molecule has 7 heteroatoms. The molecule has 96 valence electrons. The third kappa shape index (κ3) is 4.20. The van der Waals surface area contributed by atoms with E-state index < -0.39 is 27.8 Å². The van der Waals surface area contributed by atoms with Gasteiger partial charge in [0.1, 0.15) is 5.75 Å². The van der Waals surface area contributed by atoms with E-state index in [1.54, 1.807) is 19.1 Å². The molecule has 2 N–H and O–H groups in total. The van der Waals surface area contributed by atoms with Crippen molar-refractivity contribution in [1.82, 2.24) is 0 Å². The Labute approximate surface area is 97.5 Å². The van der Waals surface area contributed by atoms with Crippen LogP contribution in [0.3, 0.4) is 0 Å². The van der Waals surface area contributed by atoms with Crippen molar-refractivity contribution in [2.45, 2.75) is 18.2 Å². The van der Waals surface area contributed by atoms with Crippen LogP contribution in [0.15, 0.2) is 29.2 Å². The number of rotatable bonds is 4. The zero-order valence-electron chi connectivity index (χ0n) is 8.98. The molecule has 1 aromatic carbocycles. The Balaban J connectivity index is 0.00000256. The van der Waals surface area contributed by atoms with Gasteiger partial charge in [-0.15, -0.1) is 0 Å². The number of halogens is 2. The topological polar surface area (TPSA) is 82.7 Å². The molecule has 0 bridgehead atoms. The number of ketones is 1. The molecular weight excluding hydrogens is 254 g/mol. The summed E-state index contributed by atoms with van der Waals surface area (Å²) in [4.78, 5) is 10.6. The van der Waals surface area contributed by atoms with Crippen LogP contribution in [0.5, 0.6) is 0 Å². The third-order valence-electron chi connectivity index (χ3n) is 1.96. The van der Waals surface area contributed by atoms with Gasteiger partial charge in [0.25, 0.3) is 6.43 Å². The fourth-order valence-corrected chi connectivity index (χ4v) is 2.30. The molecular formula is C10H12F2O4S. The molecule has 0 unspecified atom stereocenters. The lowest BCUT2D eigenvalue weighted by molar-refractivity contribution is -0.126. The third-order valence-corrected chi connectivity index (χ3v) is 3.61. The number of carbonyl (C=O) groups excluding carboxylic acids is 1. The molecule has 0 aliphatic carbocycles. The van der Waals surface area contributed by atoms with Crippen LogP contribution in [0.4, 0.5) is 8.78 Å². The van der Waals surface area contributed by atoms with Crippen LogP contribution in [0.25, 0.3) is 0 Å². The normalized spacial score (nSPS) is 11.1. The smallest absolute Gasteiger partial charge is 0.297 e. The van der Waals surface area contributed by atoms with Gasteiger partial charge in [0.15, 0.2) is 9.84 Å². The average molecular weight is 266 g/mol. The number of benzene rings is 1. The maximum Gasteiger partial charge on any atom is 0.297 e. The highest BCUT2D eigenvalue weighted by Gasteiger charge is 2.24. The van der Waals surface area contributed by atoms with E-state index >= 15 is 0 Å². The number of sulfone groups is 1. The SMILES string of the molecule is Cc1ccc(S(=O)(=O)CC(=O)C(F)F)cc1.O. The number of aryl methyl sites for hydroxylation is 1. The van der Waals surface area contributed by atoms with Crippen LogP contribution >= 0.6 is 0 Å². The van der Waals surface area contributed by atoms with Crippen molar-refractivity contribution in [2.24, 2.45) is 0 Å². The van der Waals surface area contributed by atoms with Crippen molar-refractivity contribution in [3.05, 3.63) is 29.8 Å². The van der Waals surface area contributed by atoms with Gasteiger partial charge in [-0.1, -0.05) is 17.7 Å². The molecule has 0 atom stereocenters. The van der Waals surface area contributed by atoms with E-state index in [4.69, 9.17) is 0 Å². The Morgan fingerprint density at radius 1 is 1.24 bits per heavy atom. The second-order valence-electron chi connectivity index (χ2n) is 3.34. The molecule has 0 saturated heterocycles. The fourth-order valence-electron chi connectivity index (χ4n) is 1.08. The van der Waals surface area contributed by atoms with Crippen LogP contribution in [-0.2, 0) is 14.6 Å². The number of alkyl halides is 2. The molecule has 0 aliphatic heterocycles. The number of hydrogen-bond acceptors (Lipinski definition) is 3. The summed E-state index contributed by atoms with van der Waals surface area (Å²) in [7, 11) is -3.95. The summed E-state index contributed by atoms with van der Waals surface area (Å²) >= 11 is 0. The summed E-state index contributed by atoms with van der Waals surface area (Å²) in [5, 5.41) is 0. The first-order valence-corrected chi connectivity index (χ1v) is 6.08. The first kappa shape index (κ1) is 15.7. The maximum atomic E-state index is 11.9. The highest BCUT2D eigenvalue weighted by molar-refractivity contribution is 7.92. The summed E-state index contributed by atoms with van der Waals surface area (Å²) in [6.45, 7) is 1.76. The Bertz CT molecular complexity index is 480. The van der Waals surface area contributed by atoms with Gasteiger partial charge in [-0.3, -0.25) is 4.79 Å². The first-order chi connectivity index (χ1) is 7.33. The van der Waals surface area contributed by atoms with E-state index in [1.807, 2.05) is 0 Å². The Kier molecular flexibility index (Phi) is 5.37. The number of hydrogen-bond donors (Lipinski definition) is 0. The summed E-state index contributed by atoms with van der Waals surface area (Å²) in [6.07, 6.45) is -3.25. The van der Waals surface area contributed by atoms with E-state index in [0.29, 0.717) is 0 Å². The molecule has 17 heavy (non-hydrogen) atoms. The minimum absolute atomic E-state index is 0. The molecule has 0 aliphatic rings. The van der Waals surface area contributed by atoms with Gasteiger partial charge in [-0.2, -0.15) is 0 Å². The maximum absolute atomic E-state index is 11.9. The summed E-state index contributed by atoms with van der Waals surface area (Å²) < 4.78 is 46.9. The lowest BCUT2D eigenvalue weighted by atomic mass is 10.2. The minimum atomic E-state index is -3.95. The molecule has 0 radical (unpaired) electrons. The molecule has 4 nitrogen and oxygen atoms in total. The van der Waals surface area contributed by atoms with E-state index in [0.717, 1.165) is 5.56 Å². The summed E-state index contributed by atoms with van der Waals surface area (Å²) in [6, 6.07) is 5.67.